The summed E-state index contributed by atoms with van der Waals surface area (Å²) in [6.45, 7) is 3.56. The summed E-state index contributed by atoms with van der Waals surface area (Å²) >= 11 is 0. The van der Waals surface area contributed by atoms with E-state index in [0.29, 0.717) is 16.7 Å². The second kappa shape index (κ2) is 29.4. The molecule has 72 heavy (non-hydrogen) atoms. The predicted molar refractivity (Wildman–Crippen MR) is 258 cm³/mol. The Morgan fingerprint density at radius 1 is 0.472 bits per heavy atom. The molecule has 0 radical (unpaired) electrons. The van der Waals surface area contributed by atoms with Crippen LogP contribution in [-0.2, 0) is 67.2 Å². The van der Waals surface area contributed by atoms with Crippen LogP contribution in [0, 0.1) is 5.92 Å². The predicted octanol–water partition coefficient (Wildman–Crippen LogP) is -2.32. The molecule has 0 saturated heterocycles. The molecule has 0 bridgehead atoms. The lowest BCUT2D eigenvalue weighted by molar-refractivity contribution is -0.143. The number of hydrogen-bond donors (Lipinski definition) is 13. The van der Waals surface area contributed by atoms with Crippen molar-refractivity contribution in [3.8, 4) is 0 Å². The molecule has 0 aromatic heterocycles. The van der Waals surface area contributed by atoms with Gasteiger partial charge in [-0.25, -0.2) is 4.79 Å². The normalized spacial score (nSPS) is 14.8. The average molecular weight is 1000 g/mol. The van der Waals surface area contributed by atoms with E-state index in [0.717, 1.165) is 6.92 Å². The van der Waals surface area contributed by atoms with Gasteiger partial charge in [0.05, 0.1) is 12.7 Å². The van der Waals surface area contributed by atoms with Crippen LogP contribution >= 0.6 is 0 Å². The van der Waals surface area contributed by atoms with Crippen LogP contribution in [-0.4, -0.2) is 141 Å². The number of aliphatic hydroxyl groups excluding tert-OH is 2. The molecule has 8 amide bonds. The maximum atomic E-state index is 14.5. The van der Waals surface area contributed by atoms with Gasteiger partial charge < -0.3 is 69.1 Å². The van der Waals surface area contributed by atoms with Crippen molar-refractivity contribution in [3.05, 3.63) is 108 Å². The van der Waals surface area contributed by atoms with Gasteiger partial charge in [0.15, 0.2) is 0 Å². The molecule has 0 aliphatic rings. The molecular formula is C49H65N9O14. The molecule has 3 rings (SSSR count). The molecular weight excluding hydrogens is 939 g/mol. The molecule has 390 valence electrons. The SMILES string of the molecule is CC(C)[C@H](NC(=O)[C@H](CCC(N)=O)NC(=O)[C@@H](N)CO)C(=O)N[C@@H](Cc1ccccc1)C(=O)N[C@@H](Cc1ccccc1)C(=O)N[C@@H](CCC(=O)O)C(=O)N[C@H](C(=O)N[C@@H](Cc1ccccc1)C(=O)O)[C@@H](C)O. The highest BCUT2D eigenvalue weighted by Gasteiger charge is 2.36. The number of carboxylic acids is 2. The summed E-state index contributed by atoms with van der Waals surface area (Å²) < 4.78 is 0. The number of carboxylic acid groups (broad SMARTS) is 2. The van der Waals surface area contributed by atoms with Crippen molar-refractivity contribution < 1.29 is 68.4 Å². The number of nitrogens with one attached hydrogen (secondary N) is 7. The third kappa shape index (κ3) is 19.9. The van der Waals surface area contributed by atoms with Crippen molar-refractivity contribution in [2.45, 2.75) is 120 Å². The molecule has 0 aliphatic heterocycles. The fraction of sp³-hybridized carbons (Fsp3) is 0.429. The monoisotopic (exact) mass is 1000 g/mol. The van der Waals surface area contributed by atoms with Crippen molar-refractivity contribution in [3.63, 3.8) is 0 Å². The summed E-state index contributed by atoms with van der Waals surface area (Å²) in [6, 6.07) is 12.9. The van der Waals surface area contributed by atoms with Crippen LogP contribution in [0.1, 0.15) is 63.1 Å². The summed E-state index contributed by atoms with van der Waals surface area (Å²) in [5.41, 5.74) is 12.5. The minimum atomic E-state index is -1.79. The van der Waals surface area contributed by atoms with Gasteiger partial charge >= 0.3 is 11.9 Å². The summed E-state index contributed by atoms with van der Waals surface area (Å²) in [6.07, 6.45) is -4.01. The smallest absolute Gasteiger partial charge is 0.326 e. The molecule has 0 aliphatic carbocycles. The lowest BCUT2D eigenvalue weighted by atomic mass is 9.99. The zero-order valence-electron chi connectivity index (χ0n) is 40.1. The van der Waals surface area contributed by atoms with E-state index >= 15 is 0 Å². The second-order valence-electron chi connectivity index (χ2n) is 17.4. The average Bonchev–Trinajstić information content (AvgIpc) is 3.34. The van der Waals surface area contributed by atoms with E-state index in [4.69, 9.17) is 11.5 Å². The summed E-state index contributed by atoms with van der Waals surface area (Å²) in [7, 11) is 0. The Morgan fingerprint density at radius 3 is 1.21 bits per heavy atom. The second-order valence-corrected chi connectivity index (χ2v) is 17.4. The topological polar surface area (TPSA) is 388 Å². The number of aliphatic carboxylic acids is 2. The maximum Gasteiger partial charge on any atom is 0.326 e. The van der Waals surface area contributed by atoms with E-state index in [-0.39, 0.29) is 32.1 Å². The molecule has 0 unspecified atom stereocenters. The number of primary amides is 1. The van der Waals surface area contributed by atoms with Gasteiger partial charge in [0.25, 0.3) is 0 Å². The molecule has 15 N–H and O–H groups in total. The van der Waals surface area contributed by atoms with E-state index in [9.17, 15) is 68.4 Å². The zero-order valence-corrected chi connectivity index (χ0v) is 40.1. The zero-order chi connectivity index (χ0) is 53.5. The van der Waals surface area contributed by atoms with Gasteiger partial charge in [-0.3, -0.25) is 43.2 Å². The Labute approximate surface area is 415 Å². The molecule has 0 spiro atoms. The van der Waals surface area contributed by atoms with Crippen LogP contribution in [0.3, 0.4) is 0 Å². The summed E-state index contributed by atoms with van der Waals surface area (Å²) in [4.78, 5) is 132. The van der Waals surface area contributed by atoms with Gasteiger partial charge in [-0.2, -0.15) is 0 Å². The third-order valence-corrected chi connectivity index (χ3v) is 11.2. The van der Waals surface area contributed by atoms with E-state index in [1.807, 2.05) is 0 Å². The fourth-order valence-electron chi connectivity index (χ4n) is 7.14. The van der Waals surface area contributed by atoms with Gasteiger partial charge in [-0.15, -0.1) is 0 Å². The van der Waals surface area contributed by atoms with Gasteiger partial charge in [0, 0.05) is 32.1 Å². The van der Waals surface area contributed by atoms with Crippen molar-refractivity contribution in [2.75, 3.05) is 6.61 Å². The van der Waals surface area contributed by atoms with Gasteiger partial charge in [0.2, 0.25) is 47.3 Å². The Balaban J connectivity index is 1.95. The van der Waals surface area contributed by atoms with E-state index in [1.54, 1.807) is 105 Å². The van der Waals surface area contributed by atoms with Gasteiger partial charge in [0.1, 0.15) is 48.3 Å². The van der Waals surface area contributed by atoms with E-state index < -0.39 is 139 Å². The number of benzene rings is 3. The summed E-state index contributed by atoms with van der Waals surface area (Å²) in [5, 5.41) is 56.6. The molecule has 3 aromatic carbocycles. The molecule has 23 heteroatoms. The highest BCUT2D eigenvalue weighted by Crippen LogP contribution is 2.12. The quantitative estimate of drug-likeness (QED) is 0.0334. The number of nitrogens with two attached hydrogens (primary N) is 2. The highest BCUT2D eigenvalue weighted by atomic mass is 16.4. The molecule has 9 atom stereocenters. The van der Waals surface area contributed by atoms with Crippen molar-refractivity contribution in [1.29, 1.82) is 0 Å². The van der Waals surface area contributed by atoms with Crippen LogP contribution < -0.4 is 48.7 Å². The molecule has 0 saturated carbocycles. The number of hydrogen-bond acceptors (Lipinski definition) is 13. The number of carbonyl (C=O) groups excluding carboxylic acids is 8. The van der Waals surface area contributed by atoms with Crippen LogP contribution in [0.2, 0.25) is 0 Å². The van der Waals surface area contributed by atoms with Crippen LogP contribution in [0.15, 0.2) is 91.0 Å². The van der Waals surface area contributed by atoms with Crippen molar-refractivity contribution in [1.82, 2.24) is 37.2 Å². The minimum absolute atomic E-state index is 0.150. The molecule has 23 nitrogen and oxygen atoms in total. The van der Waals surface area contributed by atoms with E-state index in [2.05, 4.69) is 37.2 Å². The van der Waals surface area contributed by atoms with Gasteiger partial charge in [-0.05, 0) is 42.4 Å². The number of amides is 8. The minimum Gasteiger partial charge on any atom is -0.481 e. The Morgan fingerprint density at radius 2 is 0.819 bits per heavy atom. The van der Waals surface area contributed by atoms with Crippen LogP contribution in [0.5, 0.6) is 0 Å². The van der Waals surface area contributed by atoms with Crippen molar-refractivity contribution in [2.24, 2.45) is 17.4 Å². The Bertz CT molecular complexity index is 2320. The van der Waals surface area contributed by atoms with Gasteiger partial charge in [-0.1, -0.05) is 105 Å². The lowest BCUT2D eigenvalue weighted by Gasteiger charge is -2.29. The maximum absolute atomic E-state index is 14.5. The van der Waals surface area contributed by atoms with Crippen molar-refractivity contribution >= 4 is 59.2 Å². The molecule has 0 heterocycles. The first kappa shape index (κ1) is 58.6. The largest absolute Gasteiger partial charge is 0.481 e. The van der Waals surface area contributed by atoms with E-state index in [1.165, 1.54) is 0 Å². The summed E-state index contributed by atoms with van der Waals surface area (Å²) in [5.74, 6) is -11.1. The number of rotatable bonds is 30. The number of aliphatic hydroxyl groups is 2. The Hall–Kier alpha value is -7.76. The first-order valence-corrected chi connectivity index (χ1v) is 23.1. The third-order valence-electron chi connectivity index (χ3n) is 11.2. The standard InChI is InChI=1S/C49H65N9O14/c1-27(2)40(57-43(65)33(19-21-38(51)61)52-42(64)32(50)26-59)47(69)55-36(24-30-15-9-5-10-16-30)46(68)54-35(23-29-13-7-4-8-14-29)45(67)53-34(20-22-39(62)63)44(66)58-41(28(3)60)48(70)56-37(49(71)72)25-31-17-11-6-12-18-31/h4-18,27-28,32-37,40-41,59-60H,19-26,50H2,1-3H3,(H2,51,61)(H,52,64)(H,53,67)(H,54,68)(H,55,69)(H,56,70)(H,57,65)(H,58,66)(H,62,63)(H,71,72)/t28-,32+,33+,34+,35+,36+,37+,40+,41+/m1/s1. The fourth-order valence-corrected chi connectivity index (χ4v) is 7.14. The Kier molecular flexibility index (Phi) is 23.9. The lowest BCUT2D eigenvalue weighted by Crippen LogP contribution is -2.62. The molecule has 0 fully saturated rings. The highest BCUT2D eigenvalue weighted by molar-refractivity contribution is 5.98. The first-order chi connectivity index (χ1) is 34.1. The van der Waals surface area contributed by atoms with Crippen LogP contribution in [0.25, 0.3) is 0 Å². The number of carbonyl (C=O) groups is 10. The first-order valence-electron chi connectivity index (χ1n) is 23.1. The molecule has 3 aromatic rings. The van der Waals surface area contributed by atoms with Crippen LogP contribution in [0.4, 0.5) is 0 Å².